The van der Waals surface area contributed by atoms with Crippen LogP contribution in [0.4, 0.5) is 0 Å². The lowest BCUT2D eigenvalue weighted by Crippen LogP contribution is -2.48. The Labute approximate surface area is 266 Å². The van der Waals surface area contributed by atoms with Crippen molar-refractivity contribution >= 4 is 43.6 Å². The van der Waals surface area contributed by atoms with E-state index in [2.05, 4.69) is 21.8 Å². The lowest BCUT2D eigenvalue weighted by molar-refractivity contribution is 0.196. The van der Waals surface area contributed by atoms with Crippen molar-refractivity contribution < 1.29 is 17.9 Å². The monoisotopic (exact) mass is 650 g/mol. The zero-order valence-corrected chi connectivity index (χ0v) is 27.0. The summed E-state index contributed by atoms with van der Waals surface area (Å²) in [6, 6.07) is 13.9. The fraction of sp³-hybridized carbons (Fsp3) is 0.344. The largest absolute Gasteiger partial charge is 0.495 e. The van der Waals surface area contributed by atoms with Crippen molar-refractivity contribution in [2.24, 2.45) is 0 Å². The van der Waals surface area contributed by atoms with Gasteiger partial charge in [0.25, 0.3) is 5.56 Å². The number of nitrogens with zero attached hydrogens (tertiary/aromatic N) is 5. The predicted octanol–water partition coefficient (Wildman–Crippen LogP) is 4.77. The molecule has 2 aromatic heterocycles. The molecule has 11 nitrogen and oxygen atoms in total. The summed E-state index contributed by atoms with van der Waals surface area (Å²) in [6.07, 6.45) is 2.47. The summed E-state index contributed by atoms with van der Waals surface area (Å²) in [5.41, 5.74) is 2.85. The number of hydrogen-bond donors (Lipinski definition) is 1. The predicted molar refractivity (Wildman–Crippen MR) is 175 cm³/mol. The first kappa shape index (κ1) is 31.0. The van der Waals surface area contributed by atoms with Crippen LogP contribution >= 0.6 is 11.6 Å². The molecule has 0 aliphatic carbocycles. The zero-order chi connectivity index (χ0) is 31.7. The first-order chi connectivity index (χ1) is 21.7. The van der Waals surface area contributed by atoms with Crippen LogP contribution in [0.15, 0.2) is 64.5 Å². The van der Waals surface area contributed by atoms with Gasteiger partial charge in [0.1, 0.15) is 17.3 Å². The third-order valence-electron chi connectivity index (χ3n) is 8.10. The molecule has 1 N–H and O–H groups in total. The second-order valence-corrected chi connectivity index (χ2v) is 13.3. The van der Waals surface area contributed by atoms with Gasteiger partial charge in [0.15, 0.2) is 0 Å². The van der Waals surface area contributed by atoms with E-state index in [-0.39, 0.29) is 16.3 Å². The molecule has 0 unspecified atom stereocenters. The van der Waals surface area contributed by atoms with Crippen molar-refractivity contribution in [3.8, 4) is 22.9 Å². The Kier molecular flexibility index (Phi) is 8.82. The molecule has 0 amide bonds. The molecular formula is C32H35ClN6O5S. The maximum absolute atomic E-state index is 13.7. The van der Waals surface area contributed by atoms with E-state index >= 15 is 0 Å². The summed E-state index contributed by atoms with van der Waals surface area (Å²) in [5, 5.41) is 0.894. The van der Waals surface area contributed by atoms with Gasteiger partial charge in [0.05, 0.1) is 57.5 Å². The van der Waals surface area contributed by atoms with Gasteiger partial charge in [0, 0.05) is 32.7 Å². The van der Waals surface area contributed by atoms with Crippen LogP contribution in [0.25, 0.3) is 33.3 Å². The molecule has 0 atom stereocenters. The number of nitrogens with one attached hydrogen (secondary N) is 1. The maximum atomic E-state index is 13.7. The highest BCUT2D eigenvalue weighted by atomic mass is 35.5. The summed E-state index contributed by atoms with van der Waals surface area (Å²) in [4.78, 5) is 28.1. The Bertz CT molecular complexity index is 2040. The van der Waals surface area contributed by atoms with E-state index in [0.29, 0.717) is 77.8 Å². The zero-order valence-electron chi connectivity index (χ0n) is 25.4. The molecule has 6 rings (SSSR count). The van der Waals surface area contributed by atoms with Gasteiger partial charge >= 0.3 is 0 Å². The Morgan fingerprint density at radius 2 is 1.76 bits per heavy atom. The second kappa shape index (κ2) is 12.8. The summed E-state index contributed by atoms with van der Waals surface area (Å²) >= 11 is 6.33. The van der Waals surface area contributed by atoms with Crippen LogP contribution in [-0.4, -0.2) is 83.6 Å². The second-order valence-electron chi connectivity index (χ2n) is 11.0. The van der Waals surface area contributed by atoms with Crippen LogP contribution in [0.2, 0.25) is 5.02 Å². The van der Waals surface area contributed by atoms with E-state index in [4.69, 9.17) is 26.1 Å². The molecule has 0 radical (unpaired) electrons. The van der Waals surface area contributed by atoms with Crippen molar-refractivity contribution in [3.63, 3.8) is 0 Å². The number of fused-ring (bicyclic) bond motifs is 2. The van der Waals surface area contributed by atoms with E-state index in [0.717, 1.165) is 24.0 Å². The minimum Gasteiger partial charge on any atom is -0.495 e. The standard InChI is InChI=1S/C32H35ClN6O5S/c1-4-14-44-29-9-7-22(45(41,42)39-12-10-37(5-2)11-13-39)16-24(29)31-35-26-18-27-28(17-23(26)32(40)36-31)38(20-34-27)19-21-6-8-30(43-3)25(33)15-21/h6-9,15-18,20H,4-5,10-14,19H2,1-3H3,(H,35,36,40). The Morgan fingerprint density at radius 3 is 2.47 bits per heavy atom. The van der Waals surface area contributed by atoms with Gasteiger partial charge in [-0.1, -0.05) is 31.5 Å². The molecular weight excluding hydrogens is 616 g/mol. The highest BCUT2D eigenvalue weighted by Crippen LogP contribution is 2.33. The van der Waals surface area contributed by atoms with Crippen molar-refractivity contribution in [2.75, 3.05) is 46.4 Å². The summed E-state index contributed by atoms with van der Waals surface area (Å²) in [7, 11) is -2.20. The molecule has 0 spiro atoms. The van der Waals surface area contributed by atoms with Crippen molar-refractivity contribution in [3.05, 3.63) is 75.8 Å². The number of hydrogen-bond acceptors (Lipinski definition) is 8. The number of methoxy groups -OCH3 is 1. The van der Waals surface area contributed by atoms with E-state index < -0.39 is 10.0 Å². The number of rotatable bonds is 10. The molecule has 13 heteroatoms. The third kappa shape index (κ3) is 6.15. The highest BCUT2D eigenvalue weighted by molar-refractivity contribution is 7.89. The van der Waals surface area contributed by atoms with Gasteiger partial charge in [-0.05, 0) is 61.0 Å². The summed E-state index contributed by atoms with van der Waals surface area (Å²) < 4.78 is 42.0. The summed E-state index contributed by atoms with van der Waals surface area (Å²) in [5.74, 6) is 1.26. The normalized spacial score (nSPS) is 14.8. The van der Waals surface area contributed by atoms with Crippen molar-refractivity contribution in [1.29, 1.82) is 0 Å². The van der Waals surface area contributed by atoms with E-state index in [1.54, 1.807) is 43.8 Å². The average Bonchev–Trinajstić information content (AvgIpc) is 3.44. The lowest BCUT2D eigenvalue weighted by atomic mass is 10.1. The van der Waals surface area contributed by atoms with Crippen molar-refractivity contribution in [1.82, 2.24) is 28.7 Å². The Morgan fingerprint density at radius 1 is 0.978 bits per heavy atom. The Balaban J connectivity index is 1.38. The molecule has 1 aliphatic rings. The van der Waals surface area contributed by atoms with Gasteiger partial charge in [-0.15, -0.1) is 0 Å². The van der Waals surface area contributed by atoms with Crippen molar-refractivity contribution in [2.45, 2.75) is 31.7 Å². The van der Waals surface area contributed by atoms with E-state index in [1.165, 1.54) is 4.31 Å². The smallest absolute Gasteiger partial charge is 0.259 e. The molecule has 45 heavy (non-hydrogen) atoms. The molecule has 1 aliphatic heterocycles. The first-order valence-corrected chi connectivity index (χ1v) is 16.7. The van der Waals surface area contributed by atoms with Gasteiger partial charge in [-0.25, -0.2) is 18.4 Å². The van der Waals surface area contributed by atoms with E-state index in [1.807, 2.05) is 29.7 Å². The minimum absolute atomic E-state index is 0.127. The van der Waals surface area contributed by atoms with Gasteiger partial charge in [0.2, 0.25) is 10.0 Å². The topological polar surface area (TPSA) is 123 Å². The summed E-state index contributed by atoms with van der Waals surface area (Å²) in [6.45, 7) is 8.03. The number of aromatic nitrogens is 4. The van der Waals surface area contributed by atoms with Crippen LogP contribution in [0.5, 0.6) is 11.5 Å². The molecule has 0 saturated carbocycles. The first-order valence-electron chi connectivity index (χ1n) is 14.9. The van der Waals surface area contributed by atoms with Gasteiger partial charge in [-0.3, -0.25) is 4.79 Å². The molecule has 0 bridgehead atoms. The number of H-pyrrole nitrogens is 1. The molecule has 3 heterocycles. The third-order valence-corrected chi connectivity index (χ3v) is 10.3. The fourth-order valence-electron chi connectivity index (χ4n) is 5.58. The van der Waals surface area contributed by atoms with Crippen LogP contribution < -0.4 is 15.0 Å². The lowest BCUT2D eigenvalue weighted by Gasteiger charge is -2.33. The number of piperazine rings is 1. The number of imidazole rings is 1. The molecule has 1 fully saturated rings. The minimum atomic E-state index is -3.77. The molecule has 1 saturated heterocycles. The van der Waals surface area contributed by atoms with Crippen LogP contribution in [0, 0.1) is 0 Å². The van der Waals surface area contributed by atoms with Crippen LogP contribution in [0.1, 0.15) is 25.8 Å². The maximum Gasteiger partial charge on any atom is 0.259 e. The molecule has 5 aromatic rings. The average molecular weight is 651 g/mol. The number of aromatic amines is 1. The number of ether oxygens (including phenoxy) is 2. The number of benzene rings is 3. The Hall–Kier alpha value is -3.97. The SMILES string of the molecule is CCCOc1ccc(S(=O)(=O)N2CCN(CC)CC2)cc1-c1nc2cc3ncn(Cc4ccc(OC)c(Cl)c4)c3cc2c(=O)[nH]1. The van der Waals surface area contributed by atoms with Gasteiger partial charge in [-0.2, -0.15) is 4.31 Å². The quantitative estimate of drug-likeness (QED) is 0.230. The molecule has 3 aromatic carbocycles. The fourth-order valence-corrected chi connectivity index (χ4v) is 7.31. The van der Waals surface area contributed by atoms with Crippen LogP contribution in [0.3, 0.4) is 0 Å². The number of halogens is 1. The number of sulfonamides is 1. The molecule has 236 valence electrons. The number of likely N-dealkylation sites (N-methyl/N-ethyl adjacent to an activating group) is 1. The van der Waals surface area contributed by atoms with E-state index in [9.17, 15) is 13.2 Å². The van der Waals surface area contributed by atoms with Gasteiger partial charge < -0.3 is 23.9 Å². The van der Waals surface area contributed by atoms with Crippen LogP contribution in [-0.2, 0) is 16.6 Å². The highest BCUT2D eigenvalue weighted by Gasteiger charge is 2.29.